The minimum absolute atomic E-state index is 0.375. The Labute approximate surface area is 43.8 Å². The van der Waals surface area contributed by atoms with Gasteiger partial charge in [-0.05, 0) is 20.3 Å². The van der Waals surface area contributed by atoms with Gasteiger partial charge < -0.3 is 10.2 Å². The average molecular weight is 104 g/mol. The summed E-state index contributed by atoms with van der Waals surface area (Å²) in [5.74, 6) is 0. The van der Waals surface area contributed by atoms with Crippen molar-refractivity contribution in [1.82, 2.24) is 0 Å². The Bertz CT molecular complexity index is 35.3. The van der Waals surface area contributed by atoms with Gasteiger partial charge in [-0.2, -0.15) is 0 Å². The third-order valence-electron chi connectivity index (χ3n) is 0.682. The molecule has 2 N–H and O–H groups in total. The van der Waals surface area contributed by atoms with Gasteiger partial charge >= 0.3 is 0 Å². The lowest BCUT2D eigenvalue weighted by Crippen LogP contribution is -2.10. The zero-order valence-corrected chi connectivity index (χ0v) is 4.76. The highest BCUT2D eigenvalue weighted by Gasteiger charge is 1.98. The van der Waals surface area contributed by atoms with Crippen LogP contribution in [0.4, 0.5) is 0 Å². The molecular weight excluding hydrogens is 92.1 g/mol. The Balaban J connectivity index is 2.95. The Kier molecular flexibility index (Phi) is 2.96. The summed E-state index contributed by atoms with van der Waals surface area (Å²) in [6.07, 6.45) is -0.278. The van der Waals surface area contributed by atoms with E-state index in [1.165, 1.54) is 0 Å². The van der Waals surface area contributed by atoms with Crippen molar-refractivity contribution in [2.75, 3.05) is 0 Å². The standard InChI is InChI=1S/C5H12O2/c1-4(6)3-5(2)7/h4-7H,3H2,1-2H3/t4-,5-/m0/s1. The molecule has 0 spiro atoms. The van der Waals surface area contributed by atoms with Crippen LogP contribution < -0.4 is 0 Å². The van der Waals surface area contributed by atoms with Crippen LogP contribution in [0.3, 0.4) is 0 Å². The third-order valence-corrected chi connectivity index (χ3v) is 0.682. The molecule has 0 aliphatic carbocycles. The van der Waals surface area contributed by atoms with Crippen molar-refractivity contribution in [1.29, 1.82) is 0 Å². The van der Waals surface area contributed by atoms with Crippen molar-refractivity contribution >= 4 is 0 Å². The molecule has 0 amide bonds. The van der Waals surface area contributed by atoms with Crippen LogP contribution >= 0.6 is 0 Å². The molecule has 0 aliphatic heterocycles. The zero-order chi connectivity index (χ0) is 5.86. The molecule has 2 nitrogen and oxygen atoms in total. The maximum Gasteiger partial charge on any atom is 0.0536 e. The lowest BCUT2D eigenvalue weighted by Gasteiger charge is -2.04. The summed E-state index contributed by atoms with van der Waals surface area (Å²) < 4.78 is 0. The SMILES string of the molecule is C[C@H](O)C[C@H](C)O. The molecule has 0 saturated carbocycles. The average Bonchev–Trinajstić information content (AvgIpc) is 1.27. The number of hydrogen-bond donors (Lipinski definition) is 2. The fraction of sp³-hybridized carbons (Fsp3) is 1.00. The van der Waals surface area contributed by atoms with Gasteiger partial charge in [0.25, 0.3) is 0 Å². The van der Waals surface area contributed by atoms with Gasteiger partial charge in [-0.25, -0.2) is 0 Å². The third kappa shape index (κ3) is 5.92. The van der Waals surface area contributed by atoms with Gasteiger partial charge in [0.15, 0.2) is 0 Å². The number of aliphatic hydroxyl groups excluding tert-OH is 2. The van der Waals surface area contributed by atoms with E-state index in [0.717, 1.165) is 0 Å². The largest absolute Gasteiger partial charge is 0.393 e. The zero-order valence-electron chi connectivity index (χ0n) is 4.76. The number of hydrogen-bond acceptors (Lipinski definition) is 2. The van der Waals surface area contributed by atoms with Crippen molar-refractivity contribution < 1.29 is 10.2 Å². The topological polar surface area (TPSA) is 40.5 Å². The van der Waals surface area contributed by atoms with Crippen molar-refractivity contribution in [3.05, 3.63) is 0 Å². The van der Waals surface area contributed by atoms with Crippen LogP contribution in [0.15, 0.2) is 0 Å². The van der Waals surface area contributed by atoms with Crippen LogP contribution in [0.2, 0.25) is 0 Å². The minimum Gasteiger partial charge on any atom is -0.393 e. The summed E-state index contributed by atoms with van der Waals surface area (Å²) in [7, 11) is 0. The summed E-state index contributed by atoms with van der Waals surface area (Å²) in [5.41, 5.74) is 0. The fourth-order valence-corrected chi connectivity index (χ4v) is 0.494. The second-order valence-electron chi connectivity index (χ2n) is 1.93. The van der Waals surface area contributed by atoms with Crippen LogP contribution in [0.5, 0.6) is 0 Å². The van der Waals surface area contributed by atoms with Gasteiger partial charge in [-0.3, -0.25) is 0 Å². The first-order chi connectivity index (χ1) is 3.13. The van der Waals surface area contributed by atoms with E-state index in [2.05, 4.69) is 0 Å². The molecule has 0 rings (SSSR count). The van der Waals surface area contributed by atoms with Gasteiger partial charge in [0, 0.05) is 0 Å². The van der Waals surface area contributed by atoms with Gasteiger partial charge in [0.2, 0.25) is 0 Å². The summed E-state index contributed by atoms with van der Waals surface area (Å²) in [5, 5.41) is 17.1. The minimum atomic E-state index is -0.375. The first kappa shape index (κ1) is 6.92. The second kappa shape index (κ2) is 2.99. The van der Waals surface area contributed by atoms with Crippen LogP contribution in [-0.2, 0) is 0 Å². The van der Waals surface area contributed by atoms with Crippen molar-refractivity contribution in [3.63, 3.8) is 0 Å². The lowest BCUT2D eigenvalue weighted by atomic mass is 10.2. The second-order valence-corrected chi connectivity index (χ2v) is 1.93. The molecular formula is C5H12O2. The van der Waals surface area contributed by atoms with Crippen LogP contribution in [0.1, 0.15) is 20.3 Å². The van der Waals surface area contributed by atoms with E-state index in [-0.39, 0.29) is 12.2 Å². The fourth-order valence-electron chi connectivity index (χ4n) is 0.494. The predicted octanol–water partition coefficient (Wildman–Crippen LogP) is 0.138. The van der Waals surface area contributed by atoms with Gasteiger partial charge in [0.05, 0.1) is 12.2 Å². The van der Waals surface area contributed by atoms with Gasteiger partial charge in [0.1, 0.15) is 0 Å². The maximum absolute atomic E-state index is 8.56. The first-order valence-corrected chi connectivity index (χ1v) is 2.49. The number of rotatable bonds is 2. The smallest absolute Gasteiger partial charge is 0.0536 e. The molecule has 7 heavy (non-hydrogen) atoms. The molecule has 0 unspecified atom stereocenters. The molecule has 0 aromatic carbocycles. The Hall–Kier alpha value is -0.0800. The monoisotopic (exact) mass is 104 g/mol. The summed E-state index contributed by atoms with van der Waals surface area (Å²) >= 11 is 0. The van der Waals surface area contributed by atoms with Crippen molar-refractivity contribution in [3.8, 4) is 0 Å². The quantitative estimate of drug-likeness (QED) is 0.523. The maximum atomic E-state index is 8.56. The molecule has 0 fully saturated rings. The molecule has 0 bridgehead atoms. The Morgan fingerprint density at radius 2 is 1.43 bits per heavy atom. The highest BCUT2D eigenvalue weighted by Crippen LogP contribution is 1.93. The summed E-state index contributed by atoms with van der Waals surface area (Å²) in [6.45, 7) is 3.32. The summed E-state index contributed by atoms with van der Waals surface area (Å²) in [6, 6.07) is 0. The molecule has 0 radical (unpaired) electrons. The first-order valence-electron chi connectivity index (χ1n) is 2.49. The highest BCUT2D eigenvalue weighted by molar-refractivity contribution is 4.51. The van der Waals surface area contributed by atoms with Gasteiger partial charge in [-0.1, -0.05) is 0 Å². The van der Waals surface area contributed by atoms with E-state index in [9.17, 15) is 0 Å². The Morgan fingerprint density at radius 3 is 1.43 bits per heavy atom. The highest BCUT2D eigenvalue weighted by atomic mass is 16.3. The van der Waals surface area contributed by atoms with E-state index in [1.54, 1.807) is 13.8 Å². The van der Waals surface area contributed by atoms with E-state index >= 15 is 0 Å². The normalized spacial score (nSPS) is 18.9. The summed E-state index contributed by atoms with van der Waals surface area (Å²) in [4.78, 5) is 0. The van der Waals surface area contributed by atoms with Crippen LogP contribution in [0.25, 0.3) is 0 Å². The predicted molar refractivity (Wildman–Crippen MR) is 28.0 cm³/mol. The van der Waals surface area contributed by atoms with Gasteiger partial charge in [-0.15, -0.1) is 0 Å². The van der Waals surface area contributed by atoms with Crippen molar-refractivity contribution in [2.24, 2.45) is 0 Å². The van der Waals surface area contributed by atoms with Crippen molar-refractivity contribution in [2.45, 2.75) is 32.5 Å². The molecule has 0 saturated heterocycles. The molecule has 0 aromatic rings. The molecule has 0 heterocycles. The molecule has 0 aliphatic rings. The van der Waals surface area contributed by atoms with E-state index < -0.39 is 0 Å². The van der Waals surface area contributed by atoms with Crippen LogP contribution in [0, 0.1) is 0 Å². The molecule has 0 aromatic heterocycles. The number of aliphatic hydroxyl groups is 2. The van der Waals surface area contributed by atoms with E-state index in [4.69, 9.17) is 10.2 Å². The Morgan fingerprint density at radius 1 is 1.14 bits per heavy atom. The van der Waals surface area contributed by atoms with E-state index in [1.807, 2.05) is 0 Å². The van der Waals surface area contributed by atoms with Crippen LogP contribution in [-0.4, -0.2) is 22.4 Å². The molecule has 2 heteroatoms. The lowest BCUT2D eigenvalue weighted by molar-refractivity contribution is 0.102. The molecule has 44 valence electrons. The molecule has 2 atom stereocenters. The van der Waals surface area contributed by atoms with E-state index in [0.29, 0.717) is 6.42 Å².